The number of hydrogen-bond acceptors (Lipinski definition) is 7. The molecule has 1 saturated heterocycles. The van der Waals surface area contributed by atoms with Crippen LogP contribution in [0.4, 0.5) is 0 Å². The first-order valence-electron chi connectivity index (χ1n) is 13.0. The fourth-order valence-corrected chi connectivity index (χ4v) is 8.57. The SMILES string of the molecule is CC1=C(C)C(=O)O[C@@H]([C@](C)(O)[C@]2(O)CC[C@@]3(O)[C@@H]4CO[C@@]5(C)CC=CC(=O)[C@]5(C)[C@H]4CC[C@]23C)C1. The van der Waals surface area contributed by atoms with Gasteiger partial charge in [-0.3, -0.25) is 4.79 Å². The van der Waals surface area contributed by atoms with Gasteiger partial charge >= 0.3 is 5.97 Å². The molecule has 7 nitrogen and oxygen atoms in total. The fraction of sp³-hybridized carbons (Fsp3) is 0.786. The van der Waals surface area contributed by atoms with Crippen molar-refractivity contribution in [1.29, 1.82) is 0 Å². The average Bonchev–Trinajstić information content (AvgIpc) is 3.01. The van der Waals surface area contributed by atoms with Gasteiger partial charge in [-0.1, -0.05) is 18.6 Å². The molecule has 0 radical (unpaired) electrons. The number of hydrogen-bond donors (Lipinski definition) is 3. The van der Waals surface area contributed by atoms with Gasteiger partial charge in [-0.05, 0) is 78.7 Å². The van der Waals surface area contributed by atoms with Crippen molar-refractivity contribution < 1.29 is 34.4 Å². The summed E-state index contributed by atoms with van der Waals surface area (Å²) in [6.07, 6.45) is 5.07. The van der Waals surface area contributed by atoms with Gasteiger partial charge in [0.05, 0.1) is 23.2 Å². The molecule has 3 fully saturated rings. The lowest BCUT2D eigenvalue weighted by molar-refractivity contribution is -0.305. The molecule has 3 aliphatic carbocycles. The van der Waals surface area contributed by atoms with Crippen LogP contribution in [0.15, 0.2) is 23.3 Å². The van der Waals surface area contributed by atoms with Crippen molar-refractivity contribution in [2.24, 2.45) is 22.7 Å². The normalized spacial score (nSPS) is 51.3. The van der Waals surface area contributed by atoms with Crippen molar-refractivity contribution in [2.75, 3.05) is 6.61 Å². The van der Waals surface area contributed by atoms with Crippen molar-refractivity contribution in [1.82, 2.24) is 0 Å². The largest absolute Gasteiger partial charge is 0.455 e. The minimum atomic E-state index is -1.78. The third-order valence-electron chi connectivity index (χ3n) is 11.7. The van der Waals surface area contributed by atoms with Crippen molar-refractivity contribution in [2.45, 2.75) is 109 Å². The van der Waals surface area contributed by atoms with Gasteiger partial charge in [-0.2, -0.15) is 0 Å². The number of carbonyl (C=O) groups is 2. The lowest BCUT2D eigenvalue weighted by Crippen LogP contribution is -2.74. The van der Waals surface area contributed by atoms with Gasteiger partial charge in [-0.25, -0.2) is 4.79 Å². The maximum Gasteiger partial charge on any atom is 0.334 e. The van der Waals surface area contributed by atoms with Gasteiger partial charge < -0.3 is 24.8 Å². The van der Waals surface area contributed by atoms with Crippen molar-refractivity contribution >= 4 is 11.8 Å². The van der Waals surface area contributed by atoms with E-state index in [2.05, 4.69) is 0 Å². The Morgan fingerprint density at radius 1 is 1.06 bits per heavy atom. The first-order chi connectivity index (χ1) is 16.1. The van der Waals surface area contributed by atoms with E-state index in [4.69, 9.17) is 9.47 Å². The summed E-state index contributed by atoms with van der Waals surface area (Å²) < 4.78 is 12.0. The van der Waals surface area contributed by atoms with E-state index in [-0.39, 0.29) is 30.5 Å². The molecule has 194 valence electrons. The molecule has 3 N–H and O–H groups in total. The predicted octanol–water partition coefficient (Wildman–Crippen LogP) is 3.00. The quantitative estimate of drug-likeness (QED) is 0.512. The maximum atomic E-state index is 13.3. The highest BCUT2D eigenvalue weighted by atomic mass is 16.6. The van der Waals surface area contributed by atoms with Gasteiger partial charge in [0.25, 0.3) is 0 Å². The van der Waals surface area contributed by atoms with Crippen LogP contribution in [0.1, 0.15) is 80.1 Å². The molecule has 2 heterocycles. The Labute approximate surface area is 207 Å². The van der Waals surface area contributed by atoms with E-state index in [0.717, 1.165) is 5.57 Å². The van der Waals surface area contributed by atoms with Crippen LogP contribution >= 0.6 is 0 Å². The smallest absolute Gasteiger partial charge is 0.334 e. The summed E-state index contributed by atoms with van der Waals surface area (Å²) in [7, 11) is 0. The Hall–Kier alpha value is -1.54. The molecule has 0 spiro atoms. The number of ether oxygens (including phenoxy) is 2. The van der Waals surface area contributed by atoms with Crippen LogP contribution in [0.5, 0.6) is 0 Å². The molecule has 0 aromatic rings. The molecule has 0 bridgehead atoms. The molecule has 2 aliphatic heterocycles. The molecule has 5 rings (SSSR count). The lowest BCUT2D eigenvalue weighted by Gasteiger charge is -2.66. The van der Waals surface area contributed by atoms with Crippen LogP contribution in [0.2, 0.25) is 0 Å². The summed E-state index contributed by atoms with van der Waals surface area (Å²) in [6.45, 7) is 11.2. The Balaban J connectivity index is 1.53. The molecular weight excluding hydrogens is 448 g/mol. The number of cyclic esters (lactones) is 1. The average molecular weight is 489 g/mol. The van der Waals surface area contributed by atoms with E-state index in [1.165, 1.54) is 6.92 Å². The molecule has 0 unspecified atom stereocenters. The molecule has 35 heavy (non-hydrogen) atoms. The van der Waals surface area contributed by atoms with Crippen molar-refractivity contribution in [3.05, 3.63) is 23.3 Å². The van der Waals surface area contributed by atoms with Gasteiger partial charge in [0.1, 0.15) is 17.3 Å². The van der Waals surface area contributed by atoms with E-state index in [1.54, 1.807) is 13.0 Å². The van der Waals surface area contributed by atoms with Crippen LogP contribution in [0.3, 0.4) is 0 Å². The number of fused-ring (bicyclic) bond motifs is 5. The van der Waals surface area contributed by atoms with E-state index in [1.807, 2.05) is 33.8 Å². The molecule has 0 amide bonds. The molecule has 2 saturated carbocycles. The second-order valence-corrected chi connectivity index (χ2v) is 12.7. The standard InChI is InChI=1S/C28H40O7/c1-16-14-21(35-22(30)17(16)2)26(6,31)28(33)13-12-27(32)19-15-34-24(4)10-7-8-20(29)25(24,5)18(19)9-11-23(27,28)3/h7-8,18-19,21,31-33H,9-15H2,1-6H3/t18-,19+,21+,23-,24-,25-,26-,27+,28-/m0/s1. The molecule has 5 aliphatic rings. The van der Waals surface area contributed by atoms with Gasteiger partial charge in [-0.15, -0.1) is 0 Å². The number of esters is 1. The third kappa shape index (κ3) is 2.76. The molecule has 9 atom stereocenters. The summed E-state index contributed by atoms with van der Waals surface area (Å²) in [5.41, 5.74) is -5.97. The van der Waals surface area contributed by atoms with Gasteiger partial charge in [0.15, 0.2) is 5.78 Å². The number of ketones is 1. The zero-order valence-corrected chi connectivity index (χ0v) is 21.8. The van der Waals surface area contributed by atoms with Crippen LogP contribution < -0.4 is 0 Å². The summed E-state index contributed by atoms with van der Waals surface area (Å²) in [5, 5.41) is 36.6. The Bertz CT molecular complexity index is 1040. The lowest BCUT2D eigenvalue weighted by atomic mass is 9.44. The minimum Gasteiger partial charge on any atom is -0.455 e. The Morgan fingerprint density at radius 3 is 2.40 bits per heavy atom. The zero-order chi connectivity index (χ0) is 25.8. The summed E-state index contributed by atoms with van der Waals surface area (Å²) in [4.78, 5) is 25.7. The van der Waals surface area contributed by atoms with E-state index in [9.17, 15) is 24.9 Å². The minimum absolute atomic E-state index is 0.0279. The molecule has 0 aromatic heterocycles. The predicted molar refractivity (Wildman–Crippen MR) is 128 cm³/mol. The summed E-state index contributed by atoms with van der Waals surface area (Å²) in [6, 6.07) is 0. The highest BCUT2D eigenvalue weighted by molar-refractivity contribution is 5.97. The molecular formula is C28H40O7. The molecule has 7 heteroatoms. The highest BCUT2D eigenvalue weighted by Crippen LogP contribution is 2.70. The number of allylic oxidation sites excluding steroid dienone is 1. The van der Waals surface area contributed by atoms with Crippen molar-refractivity contribution in [3.8, 4) is 0 Å². The van der Waals surface area contributed by atoms with Gasteiger partial charge in [0, 0.05) is 23.3 Å². The monoisotopic (exact) mass is 488 g/mol. The second-order valence-electron chi connectivity index (χ2n) is 12.7. The van der Waals surface area contributed by atoms with E-state index >= 15 is 0 Å². The van der Waals surface area contributed by atoms with E-state index < -0.39 is 45.3 Å². The zero-order valence-electron chi connectivity index (χ0n) is 21.8. The van der Waals surface area contributed by atoms with Crippen LogP contribution in [0, 0.1) is 22.7 Å². The number of rotatable bonds is 2. The Kier molecular flexibility index (Phi) is 5.22. The number of carbonyl (C=O) groups excluding carboxylic acids is 2. The number of aliphatic hydroxyl groups is 3. The summed E-state index contributed by atoms with van der Waals surface area (Å²) in [5.74, 6) is -0.927. The highest BCUT2D eigenvalue weighted by Gasteiger charge is 2.78. The third-order valence-corrected chi connectivity index (χ3v) is 11.7. The van der Waals surface area contributed by atoms with Crippen molar-refractivity contribution in [3.63, 3.8) is 0 Å². The maximum absolute atomic E-state index is 13.3. The Morgan fingerprint density at radius 2 is 1.74 bits per heavy atom. The fourth-order valence-electron chi connectivity index (χ4n) is 8.57. The van der Waals surface area contributed by atoms with Gasteiger partial charge in [0.2, 0.25) is 0 Å². The first-order valence-corrected chi connectivity index (χ1v) is 13.0. The second kappa shape index (κ2) is 7.27. The van der Waals surface area contributed by atoms with Crippen LogP contribution in [-0.4, -0.2) is 62.2 Å². The van der Waals surface area contributed by atoms with Crippen LogP contribution in [0.25, 0.3) is 0 Å². The topological polar surface area (TPSA) is 113 Å². The molecule has 0 aromatic carbocycles. The summed E-state index contributed by atoms with van der Waals surface area (Å²) >= 11 is 0. The van der Waals surface area contributed by atoms with Crippen LogP contribution in [-0.2, 0) is 19.1 Å². The van der Waals surface area contributed by atoms with E-state index in [0.29, 0.717) is 37.9 Å². The first kappa shape index (κ1) is 25.1.